The highest BCUT2D eigenvalue weighted by Gasteiger charge is 2.34. The molecular formula is C18H28F3IN4O2. The molecule has 2 N–H and O–H groups in total. The van der Waals surface area contributed by atoms with Crippen molar-refractivity contribution in [2.75, 3.05) is 40.3 Å². The molecule has 2 atom stereocenters. The number of likely N-dealkylation sites (tertiary alicyclic amines) is 1. The lowest BCUT2D eigenvalue weighted by Gasteiger charge is -2.21. The van der Waals surface area contributed by atoms with Crippen molar-refractivity contribution in [2.45, 2.75) is 31.7 Å². The van der Waals surface area contributed by atoms with Gasteiger partial charge in [0.2, 0.25) is 0 Å². The van der Waals surface area contributed by atoms with Crippen molar-refractivity contribution >= 4 is 29.9 Å². The number of nitrogens with one attached hydrogen (secondary N) is 2. The number of rotatable bonds is 7. The van der Waals surface area contributed by atoms with E-state index in [1.807, 2.05) is 31.2 Å². The Morgan fingerprint density at radius 2 is 1.93 bits per heavy atom. The molecule has 2 rings (SSSR count). The molecule has 1 heterocycles. The summed E-state index contributed by atoms with van der Waals surface area (Å²) in [5, 5.41) is 6.32. The molecule has 6 nitrogen and oxygen atoms in total. The van der Waals surface area contributed by atoms with Crippen molar-refractivity contribution in [1.29, 1.82) is 0 Å². The lowest BCUT2D eigenvalue weighted by Crippen LogP contribution is -2.47. The average Bonchev–Trinajstić information content (AvgIpc) is 3.04. The van der Waals surface area contributed by atoms with Crippen molar-refractivity contribution in [3.8, 4) is 11.5 Å². The zero-order chi connectivity index (χ0) is 19.9. The van der Waals surface area contributed by atoms with Crippen LogP contribution in [0.4, 0.5) is 13.2 Å². The van der Waals surface area contributed by atoms with Crippen LogP contribution in [0.15, 0.2) is 29.3 Å². The molecule has 0 amide bonds. The Hall–Kier alpha value is -1.43. The zero-order valence-electron chi connectivity index (χ0n) is 16.3. The minimum Gasteiger partial charge on any atom is -0.497 e. The molecular weight excluding hydrogens is 488 g/mol. The Bertz CT molecular complexity index is 614. The van der Waals surface area contributed by atoms with Crippen LogP contribution in [-0.4, -0.2) is 69.5 Å². The topological polar surface area (TPSA) is 58.1 Å². The second kappa shape index (κ2) is 11.5. The number of ether oxygens (including phenoxy) is 2. The Balaban J connectivity index is 0.00000392. The number of nitrogens with zero attached hydrogens (tertiary/aromatic N) is 2. The summed E-state index contributed by atoms with van der Waals surface area (Å²) in [6, 6.07) is 7.24. The van der Waals surface area contributed by atoms with E-state index >= 15 is 0 Å². The number of alkyl halides is 3. The fourth-order valence-electron chi connectivity index (χ4n) is 2.90. The van der Waals surface area contributed by atoms with Gasteiger partial charge in [0.15, 0.2) is 5.96 Å². The molecule has 0 saturated carbocycles. The third-order valence-electron chi connectivity index (χ3n) is 4.19. The molecule has 1 aromatic rings. The number of hydrogen-bond acceptors (Lipinski definition) is 4. The summed E-state index contributed by atoms with van der Waals surface area (Å²) in [7, 11) is 3.24. The number of aliphatic imine (C=N–C) groups is 1. The summed E-state index contributed by atoms with van der Waals surface area (Å²) in [6.07, 6.45) is -3.64. The predicted molar refractivity (Wildman–Crippen MR) is 114 cm³/mol. The van der Waals surface area contributed by atoms with Crippen LogP contribution < -0.4 is 20.1 Å². The van der Waals surface area contributed by atoms with Gasteiger partial charge in [-0.3, -0.25) is 9.89 Å². The number of guanidine groups is 1. The summed E-state index contributed by atoms with van der Waals surface area (Å²) in [5.74, 6) is 2.04. The standard InChI is InChI=1S/C18H27F3N4O2.HI/c1-13(27-16-6-4-15(26-3)5-7-16)10-23-17(22-2)24-14-8-9-25(11-14)12-18(19,20)21;/h4-7,13-14H,8-12H2,1-3H3,(H2,22,23,24);1H. The average molecular weight is 516 g/mol. The maximum absolute atomic E-state index is 12.5. The van der Waals surface area contributed by atoms with Crippen LogP contribution in [0.5, 0.6) is 11.5 Å². The maximum atomic E-state index is 12.5. The van der Waals surface area contributed by atoms with E-state index in [4.69, 9.17) is 9.47 Å². The van der Waals surface area contributed by atoms with Crippen molar-refractivity contribution in [1.82, 2.24) is 15.5 Å². The molecule has 28 heavy (non-hydrogen) atoms. The molecule has 2 unspecified atom stereocenters. The molecule has 10 heteroatoms. The zero-order valence-corrected chi connectivity index (χ0v) is 18.6. The normalized spacial score (nSPS) is 18.9. The summed E-state index contributed by atoms with van der Waals surface area (Å²) in [6.45, 7) is 2.32. The van der Waals surface area contributed by atoms with E-state index in [0.717, 1.165) is 11.5 Å². The van der Waals surface area contributed by atoms with Crippen LogP contribution in [0.25, 0.3) is 0 Å². The molecule has 1 aromatic carbocycles. The fraction of sp³-hybridized carbons (Fsp3) is 0.611. The number of benzene rings is 1. The minimum absolute atomic E-state index is 0. The molecule has 0 aliphatic carbocycles. The van der Waals surface area contributed by atoms with E-state index in [9.17, 15) is 13.2 Å². The number of hydrogen-bond donors (Lipinski definition) is 2. The lowest BCUT2D eigenvalue weighted by molar-refractivity contribution is -0.143. The van der Waals surface area contributed by atoms with Crippen molar-refractivity contribution in [2.24, 2.45) is 4.99 Å². The number of methoxy groups -OCH3 is 1. The fourth-order valence-corrected chi connectivity index (χ4v) is 2.90. The van der Waals surface area contributed by atoms with Gasteiger partial charge in [-0.25, -0.2) is 0 Å². The molecule has 1 fully saturated rings. The van der Waals surface area contributed by atoms with Gasteiger partial charge in [-0.1, -0.05) is 0 Å². The molecule has 1 aliphatic rings. The van der Waals surface area contributed by atoms with Gasteiger partial charge in [-0.2, -0.15) is 13.2 Å². The van der Waals surface area contributed by atoms with Gasteiger partial charge in [0, 0.05) is 26.2 Å². The minimum atomic E-state index is -4.16. The van der Waals surface area contributed by atoms with E-state index in [2.05, 4.69) is 15.6 Å². The third-order valence-corrected chi connectivity index (χ3v) is 4.19. The largest absolute Gasteiger partial charge is 0.497 e. The second-order valence-corrected chi connectivity index (χ2v) is 6.54. The smallest absolute Gasteiger partial charge is 0.401 e. The first-order valence-electron chi connectivity index (χ1n) is 8.86. The number of halogens is 4. The second-order valence-electron chi connectivity index (χ2n) is 6.54. The van der Waals surface area contributed by atoms with E-state index < -0.39 is 12.7 Å². The quantitative estimate of drug-likeness (QED) is 0.332. The monoisotopic (exact) mass is 516 g/mol. The Morgan fingerprint density at radius 3 is 2.50 bits per heavy atom. The maximum Gasteiger partial charge on any atom is 0.401 e. The predicted octanol–water partition coefficient (Wildman–Crippen LogP) is 2.88. The lowest BCUT2D eigenvalue weighted by atomic mass is 10.3. The van der Waals surface area contributed by atoms with E-state index in [0.29, 0.717) is 32.0 Å². The van der Waals surface area contributed by atoms with E-state index in [1.165, 1.54) is 4.90 Å². The van der Waals surface area contributed by atoms with Crippen LogP contribution in [-0.2, 0) is 0 Å². The van der Waals surface area contributed by atoms with Gasteiger partial charge < -0.3 is 20.1 Å². The summed E-state index contributed by atoms with van der Waals surface area (Å²) >= 11 is 0. The Morgan fingerprint density at radius 1 is 1.29 bits per heavy atom. The molecule has 0 bridgehead atoms. The van der Waals surface area contributed by atoms with E-state index in [1.54, 1.807) is 14.2 Å². The van der Waals surface area contributed by atoms with Crippen molar-refractivity contribution in [3.05, 3.63) is 24.3 Å². The van der Waals surface area contributed by atoms with E-state index in [-0.39, 0.29) is 36.1 Å². The van der Waals surface area contributed by atoms with Crippen molar-refractivity contribution < 1.29 is 22.6 Å². The highest BCUT2D eigenvalue weighted by molar-refractivity contribution is 14.0. The summed E-state index contributed by atoms with van der Waals surface area (Å²) < 4.78 is 48.3. The molecule has 0 radical (unpaired) electrons. The highest BCUT2D eigenvalue weighted by atomic mass is 127. The Labute approximate surface area is 180 Å². The molecule has 1 saturated heterocycles. The van der Waals surface area contributed by atoms with Crippen LogP contribution >= 0.6 is 24.0 Å². The van der Waals surface area contributed by atoms with Gasteiger partial charge in [-0.05, 0) is 37.6 Å². The molecule has 1 aliphatic heterocycles. The van der Waals surface area contributed by atoms with Gasteiger partial charge in [-0.15, -0.1) is 24.0 Å². The van der Waals surface area contributed by atoms with Crippen LogP contribution in [0.1, 0.15) is 13.3 Å². The molecule has 0 spiro atoms. The molecule has 160 valence electrons. The van der Waals surface area contributed by atoms with Crippen LogP contribution in [0, 0.1) is 0 Å². The van der Waals surface area contributed by atoms with Gasteiger partial charge in [0.1, 0.15) is 17.6 Å². The Kier molecular flexibility index (Phi) is 10.1. The van der Waals surface area contributed by atoms with Gasteiger partial charge in [0.05, 0.1) is 20.2 Å². The van der Waals surface area contributed by atoms with Gasteiger partial charge in [0.25, 0.3) is 0 Å². The first-order valence-corrected chi connectivity index (χ1v) is 8.86. The third kappa shape index (κ3) is 8.72. The van der Waals surface area contributed by atoms with Gasteiger partial charge >= 0.3 is 6.18 Å². The molecule has 0 aromatic heterocycles. The summed E-state index contributed by atoms with van der Waals surface area (Å²) in [4.78, 5) is 5.54. The highest BCUT2D eigenvalue weighted by Crippen LogP contribution is 2.20. The van der Waals surface area contributed by atoms with Crippen LogP contribution in [0.2, 0.25) is 0 Å². The summed E-state index contributed by atoms with van der Waals surface area (Å²) in [5.41, 5.74) is 0. The first kappa shape index (κ1) is 24.6. The SMILES string of the molecule is CN=C(NCC(C)Oc1ccc(OC)cc1)NC1CCN(CC(F)(F)F)C1.I. The first-order chi connectivity index (χ1) is 12.8. The van der Waals surface area contributed by atoms with Crippen LogP contribution in [0.3, 0.4) is 0 Å². The van der Waals surface area contributed by atoms with Crippen molar-refractivity contribution in [3.63, 3.8) is 0 Å².